The normalized spacial score (nSPS) is 10.6. The van der Waals surface area contributed by atoms with Crippen molar-refractivity contribution < 1.29 is 4.39 Å². The van der Waals surface area contributed by atoms with Crippen LogP contribution in [0.5, 0.6) is 0 Å². The summed E-state index contributed by atoms with van der Waals surface area (Å²) in [5.74, 6) is -0.123. The zero-order chi connectivity index (χ0) is 13.0. The number of hydrogen-bond acceptors (Lipinski definition) is 5. The predicted octanol–water partition coefficient (Wildman–Crippen LogP) is 2.81. The fraction of sp³-hybridized carbons (Fsp3) is 0.417. The number of halogens is 1. The summed E-state index contributed by atoms with van der Waals surface area (Å²) >= 11 is 1.63. The van der Waals surface area contributed by atoms with Crippen molar-refractivity contribution in [1.29, 1.82) is 0 Å². The van der Waals surface area contributed by atoms with Crippen LogP contribution in [0, 0.1) is 5.82 Å². The molecule has 0 saturated carbocycles. The Morgan fingerprint density at radius 1 is 1.22 bits per heavy atom. The maximum absolute atomic E-state index is 13.8. The first kappa shape index (κ1) is 12.9. The Bertz CT molecular complexity index is 527. The Balaban J connectivity index is 2.06. The van der Waals surface area contributed by atoms with E-state index in [4.69, 9.17) is 0 Å². The molecule has 2 aromatic heterocycles. The monoisotopic (exact) mass is 266 g/mol. The van der Waals surface area contributed by atoms with E-state index in [-0.39, 0.29) is 11.6 Å². The van der Waals surface area contributed by atoms with Crippen molar-refractivity contribution in [2.75, 3.05) is 5.32 Å². The van der Waals surface area contributed by atoms with E-state index in [0.717, 1.165) is 11.4 Å². The molecule has 0 aliphatic rings. The summed E-state index contributed by atoms with van der Waals surface area (Å²) in [6.45, 7) is 4.44. The molecule has 2 heterocycles. The molecule has 0 atom stereocenters. The average molecular weight is 266 g/mol. The van der Waals surface area contributed by atoms with Gasteiger partial charge in [-0.1, -0.05) is 13.8 Å². The lowest BCUT2D eigenvalue weighted by atomic mass is 10.3. The fourth-order valence-electron chi connectivity index (χ4n) is 1.53. The summed E-state index contributed by atoms with van der Waals surface area (Å²) in [6, 6.07) is 0. The molecule has 0 spiro atoms. The molecule has 6 heteroatoms. The van der Waals surface area contributed by atoms with Crippen LogP contribution in [0.4, 0.5) is 10.2 Å². The maximum atomic E-state index is 13.8. The van der Waals surface area contributed by atoms with Gasteiger partial charge in [-0.2, -0.15) is 0 Å². The number of anilines is 1. The highest BCUT2D eigenvalue weighted by molar-refractivity contribution is 7.11. The molecular weight excluding hydrogens is 251 g/mol. The summed E-state index contributed by atoms with van der Waals surface area (Å²) in [6.07, 6.45) is 4.76. The van der Waals surface area contributed by atoms with Crippen LogP contribution in [0.1, 0.15) is 29.4 Å². The number of nitrogens with zero attached hydrogens (tertiary/aromatic N) is 3. The van der Waals surface area contributed by atoms with Gasteiger partial charge >= 0.3 is 0 Å². The van der Waals surface area contributed by atoms with Crippen LogP contribution in [0.2, 0.25) is 0 Å². The highest BCUT2D eigenvalue weighted by Gasteiger charge is 2.09. The van der Waals surface area contributed by atoms with Crippen LogP contribution >= 0.6 is 11.3 Å². The average Bonchev–Trinajstić information content (AvgIpc) is 2.85. The zero-order valence-electron chi connectivity index (χ0n) is 10.4. The fourth-order valence-corrected chi connectivity index (χ4v) is 2.33. The Kier molecular flexibility index (Phi) is 4.19. The third kappa shape index (κ3) is 2.81. The highest BCUT2D eigenvalue weighted by Crippen LogP contribution is 2.17. The molecule has 0 radical (unpaired) electrons. The van der Waals surface area contributed by atoms with Gasteiger partial charge in [0.05, 0.1) is 12.2 Å². The first-order valence-electron chi connectivity index (χ1n) is 5.91. The number of aromatic nitrogens is 3. The second kappa shape index (κ2) is 5.86. The summed E-state index contributed by atoms with van der Waals surface area (Å²) in [5, 5.41) is 3.90. The number of aryl methyl sites for hydroxylation is 2. The topological polar surface area (TPSA) is 50.7 Å². The minimum atomic E-state index is -0.368. The number of rotatable bonds is 5. The highest BCUT2D eigenvalue weighted by atomic mass is 32.1. The number of nitrogens with one attached hydrogen (secondary N) is 1. The van der Waals surface area contributed by atoms with E-state index >= 15 is 0 Å². The van der Waals surface area contributed by atoms with Gasteiger partial charge in [0, 0.05) is 11.1 Å². The number of thiazole rings is 1. The van der Waals surface area contributed by atoms with Gasteiger partial charge < -0.3 is 5.32 Å². The largest absolute Gasteiger partial charge is 0.361 e. The minimum Gasteiger partial charge on any atom is -0.361 e. The zero-order valence-corrected chi connectivity index (χ0v) is 11.2. The maximum Gasteiger partial charge on any atom is 0.186 e. The van der Waals surface area contributed by atoms with Gasteiger partial charge in [-0.05, 0) is 12.8 Å². The van der Waals surface area contributed by atoms with Crippen LogP contribution in [0.25, 0.3) is 0 Å². The molecule has 96 valence electrons. The molecule has 0 saturated heterocycles. The van der Waals surface area contributed by atoms with Crippen molar-refractivity contribution in [3.63, 3.8) is 0 Å². The Morgan fingerprint density at radius 3 is 2.72 bits per heavy atom. The SMILES string of the molecule is CCc1cnc(CNc2ncnc(CC)c2F)s1. The van der Waals surface area contributed by atoms with Gasteiger partial charge in [0.15, 0.2) is 11.6 Å². The molecule has 0 aromatic carbocycles. The van der Waals surface area contributed by atoms with Gasteiger partial charge in [0.25, 0.3) is 0 Å². The van der Waals surface area contributed by atoms with Crippen LogP contribution in [0.3, 0.4) is 0 Å². The van der Waals surface area contributed by atoms with Crippen LogP contribution < -0.4 is 5.32 Å². The molecule has 0 fully saturated rings. The van der Waals surface area contributed by atoms with Gasteiger partial charge in [-0.3, -0.25) is 0 Å². The first-order valence-corrected chi connectivity index (χ1v) is 6.73. The van der Waals surface area contributed by atoms with Gasteiger partial charge in [-0.25, -0.2) is 19.3 Å². The second-order valence-electron chi connectivity index (χ2n) is 3.76. The molecule has 0 aliphatic heterocycles. The molecule has 0 unspecified atom stereocenters. The summed E-state index contributed by atoms with van der Waals surface area (Å²) in [7, 11) is 0. The van der Waals surface area contributed by atoms with Gasteiger partial charge in [-0.15, -0.1) is 11.3 Å². The van der Waals surface area contributed by atoms with Gasteiger partial charge in [0.1, 0.15) is 11.3 Å². The van der Waals surface area contributed by atoms with Crippen molar-refractivity contribution in [3.8, 4) is 0 Å². The third-order valence-corrected chi connectivity index (χ3v) is 3.70. The van der Waals surface area contributed by atoms with Crippen LogP contribution in [0.15, 0.2) is 12.5 Å². The van der Waals surface area contributed by atoms with Crippen molar-refractivity contribution in [2.45, 2.75) is 33.2 Å². The van der Waals surface area contributed by atoms with E-state index < -0.39 is 0 Å². The molecule has 0 amide bonds. The Labute approximate surface area is 109 Å². The van der Waals surface area contributed by atoms with E-state index in [2.05, 4.69) is 27.2 Å². The second-order valence-corrected chi connectivity index (χ2v) is 4.96. The Morgan fingerprint density at radius 2 is 2.06 bits per heavy atom. The molecule has 0 aliphatic carbocycles. The molecule has 0 bridgehead atoms. The number of hydrogen-bond donors (Lipinski definition) is 1. The molecular formula is C12H15FN4S. The standard InChI is InChI=1S/C12H15FN4S/c1-3-8-5-14-10(18-8)6-15-12-11(13)9(4-2)16-7-17-12/h5,7H,3-4,6H2,1-2H3,(H,15,16,17). The van der Waals surface area contributed by atoms with Crippen molar-refractivity contribution >= 4 is 17.2 Å². The van der Waals surface area contributed by atoms with Crippen molar-refractivity contribution in [2.24, 2.45) is 0 Å². The van der Waals surface area contributed by atoms with E-state index in [0.29, 0.717) is 18.7 Å². The summed E-state index contributed by atoms with van der Waals surface area (Å²) in [4.78, 5) is 13.3. The molecule has 4 nitrogen and oxygen atoms in total. The molecule has 2 aromatic rings. The lowest BCUT2D eigenvalue weighted by molar-refractivity contribution is 0.596. The van der Waals surface area contributed by atoms with Crippen molar-refractivity contribution in [1.82, 2.24) is 15.0 Å². The first-order chi connectivity index (χ1) is 8.74. The molecule has 2 rings (SSSR count). The van der Waals surface area contributed by atoms with Gasteiger partial charge in [0.2, 0.25) is 0 Å². The summed E-state index contributed by atoms with van der Waals surface area (Å²) in [5.41, 5.74) is 0.431. The van der Waals surface area contributed by atoms with Crippen LogP contribution in [-0.2, 0) is 19.4 Å². The molecule has 18 heavy (non-hydrogen) atoms. The Hall–Kier alpha value is -1.56. The predicted molar refractivity (Wildman–Crippen MR) is 70.2 cm³/mol. The lowest BCUT2D eigenvalue weighted by Crippen LogP contribution is -2.06. The minimum absolute atomic E-state index is 0.245. The van der Waals surface area contributed by atoms with E-state index in [1.54, 1.807) is 11.3 Å². The lowest BCUT2D eigenvalue weighted by Gasteiger charge is -2.06. The van der Waals surface area contributed by atoms with E-state index in [1.807, 2.05) is 13.1 Å². The smallest absolute Gasteiger partial charge is 0.186 e. The third-order valence-electron chi connectivity index (χ3n) is 2.55. The molecule has 1 N–H and O–H groups in total. The summed E-state index contributed by atoms with van der Waals surface area (Å²) < 4.78 is 13.8. The quantitative estimate of drug-likeness (QED) is 0.904. The van der Waals surface area contributed by atoms with Crippen LogP contribution in [-0.4, -0.2) is 15.0 Å². The van der Waals surface area contributed by atoms with Crippen molar-refractivity contribution in [3.05, 3.63) is 33.9 Å². The van der Waals surface area contributed by atoms with E-state index in [9.17, 15) is 4.39 Å². The van der Waals surface area contributed by atoms with E-state index in [1.165, 1.54) is 11.2 Å².